The third-order valence-electron chi connectivity index (χ3n) is 2.13. The Balaban J connectivity index is 4.41. The Kier molecular flexibility index (Phi) is 4.66. The summed E-state index contributed by atoms with van der Waals surface area (Å²) >= 11 is 4.62. The van der Waals surface area contributed by atoms with Gasteiger partial charge in [0.05, 0.1) is 4.99 Å². The van der Waals surface area contributed by atoms with Crippen LogP contribution in [0.1, 0.15) is 20.3 Å². The van der Waals surface area contributed by atoms with Gasteiger partial charge in [-0.25, -0.2) is 8.42 Å². The fraction of sp³-hybridized carbons (Fsp3) is 0.750. The summed E-state index contributed by atoms with van der Waals surface area (Å²) in [5.74, 6) is -0.541. The molecule has 0 aromatic carbocycles. The molecule has 88 valence electrons. The van der Waals surface area contributed by atoms with Crippen LogP contribution < -0.4 is 11.1 Å². The Morgan fingerprint density at radius 3 is 2.27 bits per heavy atom. The number of carbonyl (C=O) groups excluding carboxylic acids is 1. The zero-order valence-electron chi connectivity index (χ0n) is 9.03. The molecule has 0 saturated carbocycles. The van der Waals surface area contributed by atoms with Gasteiger partial charge in [-0.2, -0.15) is 0 Å². The van der Waals surface area contributed by atoms with Gasteiger partial charge in [-0.15, -0.1) is 0 Å². The van der Waals surface area contributed by atoms with Crippen LogP contribution in [0.4, 0.5) is 0 Å². The minimum atomic E-state index is -3.43. The molecule has 0 atom stereocenters. The van der Waals surface area contributed by atoms with Gasteiger partial charge in [-0.3, -0.25) is 4.79 Å². The van der Waals surface area contributed by atoms with Crippen molar-refractivity contribution < 1.29 is 13.2 Å². The third-order valence-corrected chi connectivity index (χ3v) is 4.37. The van der Waals surface area contributed by atoms with Gasteiger partial charge in [0, 0.05) is 19.2 Å². The van der Waals surface area contributed by atoms with Gasteiger partial charge in [0.25, 0.3) is 0 Å². The largest absolute Gasteiger partial charge is 0.393 e. The zero-order chi connectivity index (χ0) is 12.3. The Hall–Kier alpha value is -0.690. The maximum Gasteiger partial charge on any atom is 0.240 e. The van der Waals surface area contributed by atoms with Crippen LogP contribution in [0.3, 0.4) is 0 Å². The molecule has 0 saturated heterocycles. The average Bonchev–Trinajstić information content (AvgIpc) is 2.01. The Morgan fingerprint density at radius 2 is 1.93 bits per heavy atom. The molecule has 15 heavy (non-hydrogen) atoms. The van der Waals surface area contributed by atoms with Gasteiger partial charge in [-0.1, -0.05) is 12.2 Å². The van der Waals surface area contributed by atoms with Crippen molar-refractivity contribution in [2.75, 3.05) is 12.8 Å². The highest BCUT2D eigenvalue weighted by Gasteiger charge is 2.37. The van der Waals surface area contributed by atoms with Gasteiger partial charge < -0.3 is 11.1 Å². The molecule has 0 heterocycles. The molecule has 0 rings (SSSR count). The molecule has 0 aliphatic rings. The van der Waals surface area contributed by atoms with E-state index >= 15 is 0 Å². The molecule has 0 aliphatic heterocycles. The number of hydrogen-bond donors (Lipinski definition) is 2. The van der Waals surface area contributed by atoms with Crippen molar-refractivity contribution in [3.63, 3.8) is 0 Å². The fourth-order valence-electron chi connectivity index (χ4n) is 0.680. The minimum absolute atomic E-state index is 0.257. The standard InChI is InChI=1S/C8H16N2O3S2/c1-8(2,15(3,12)13)7(11)10-5-4-6(9)14/h4-5H2,1-3H3,(H2,9,14)(H,10,11). The average molecular weight is 252 g/mol. The molecule has 0 fully saturated rings. The molecule has 0 aliphatic carbocycles. The molecule has 0 aromatic heterocycles. The van der Waals surface area contributed by atoms with E-state index in [0.717, 1.165) is 6.26 Å². The summed E-state index contributed by atoms with van der Waals surface area (Å²) in [5.41, 5.74) is 5.24. The molecule has 0 radical (unpaired) electrons. The third kappa shape index (κ3) is 4.13. The highest BCUT2D eigenvalue weighted by Crippen LogP contribution is 2.14. The topological polar surface area (TPSA) is 89.3 Å². The van der Waals surface area contributed by atoms with Gasteiger partial charge in [0.2, 0.25) is 5.91 Å². The summed E-state index contributed by atoms with van der Waals surface area (Å²) in [6, 6.07) is 0. The maximum absolute atomic E-state index is 11.5. The molecule has 1 amide bonds. The van der Waals surface area contributed by atoms with Crippen molar-refractivity contribution in [1.82, 2.24) is 5.32 Å². The predicted octanol–water partition coefficient (Wildman–Crippen LogP) is -0.398. The first kappa shape index (κ1) is 14.3. The summed E-state index contributed by atoms with van der Waals surface area (Å²) in [4.78, 5) is 11.8. The summed E-state index contributed by atoms with van der Waals surface area (Å²) in [6.45, 7) is 2.98. The van der Waals surface area contributed by atoms with Gasteiger partial charge in [0.1, 0.15) is 4.75 Å². The van der Waals surface area contributed by atoms with Crippen LogP contribution in [0.15, 0.2) is 0 Å². The number of hydrogen-bond acceptors (Lipinski definition) is 4. The van der Waals surface area contributed by atoms with E-state index in [-0.39, 0.29) is 11.5 Å². The monoisotopic (exact) mass is 252 g/mol. The second-order valence-electron chi connectivity index (χ2n) is 3.75. The fourth-order valence-corrected chi connectivity index (χ4v) is 1.19. The number of sulfone groups is 1. The zero-order valence-corrected chi connectivity index (χ0v) is 10.7. The highest BCUT2D eigenvalue weighted by molar-refractivity contribution is 7.92. The maximum atomic E-state index is 11.5. The Morgan fingerprint density at radius 1 is 1.47 bits per heavy atom. The van der Waals surface area contributed by atoms with Crippen molar-refractivity contribution in [1.29, 1.82) is 0 Å². The Bertz CT molecular complexity index is 360. The minimum Gasteiger partial charge on any atom is -0.393 e. The first-order chi connectivity index (χ1) is 6.59. The predicted molar refractivity (Wildman–Crippen MR) is 63.3 cm³/mol. The van der Waals surface area contributed by atoms with Crippen LogP contribution in [-0.4, -0.2) is 36.9 Å². The lowest BCUT2D eigenvalue weighted by molar-refractivity contribution is -0.122. The molecule has 7 heteroatoms. The number of nitrogens with one attached hydrogen (secondary N) is 1. The second-order valence-corrected chi connectivity index (χ2v) is 6.84. The first-order valence-electron chi connectivity index (χ1n) is 4.35. The van der Waals surface area contributed by atoms with E-state index in [1.165, 1.54) is 13.8 Å². The summed E-state index contributed by atoms with van der Waals surface area (Å²) in [6.07, 6.45) is 1.39. The molecule has 0 spiro atoms. The quantitative estimate of drug-likeness (QED) is 0.650. The van der Waals surface area contributed by atoms with E-state index < -0.39 is 20.5 Å². The first-order valence-corrected chi connectivity index (χ1v) is 6.65. The van der Waals surface area contributed by atoms with E-state index in [1.54, 1.807) is 0 Å². The van der Waals surface area contributed by atoms with E-state index in [4.69, 9.17) is 5.73 Å². The van der Waals surface area contributed by atoms with E-state index in [1.807, 2.05) is 0 Å². The lowest BCUT2D eigenvalue weighted by Crippen LogP contribution is -2.48. The van der Waals surface area contributed by atoms with Crippen molar-refractivity contribution in [2.45, 2.75) is 25.0 Å². The Labute approximate surface area is 95.3 Å². The van der Waals surface area contributed by atoms with Crippen LogP contribution in [-0.2, 0) is 14.6 Å². The molecular weight excluding hydrogens is 236 g/mol. The molecular formula is C8H16N2O3S2. The molecule has 5 nitrogen and oxygen atoms in total. The number of thiocarbonyl (C=S) groups is 1. The van der Waals surface area contributed by atoms with Gasteiger partial charge in [0.15, 0.2) is 9.84 Å². The van der Waals surface area contributed by atoms with Crippen LogP contribution in [0.25, 0.3) is 0 Å². The van der Waals surface area contributed by atoms with Crippen LogP contribution in [0.5, 0.6) is 0 Å². The van der Waals surface area contributed by atoms with Crippen molar-refractivity contribution in [3.05, 3.63) is 0 Å². The highest BCUT2D eigenvalue weighted by atomic mass is 32.2. The summed E-state index contributed by atoms with van der Waals surface area (Å²) < 4.78 is 21.1. The smallest absolute Gasteiger partial charge is 0.240 e. The lowest BCUT2D eigenvalue weighted by Gasteiger charge is -2.21. The van der Waals surface area contributed by atoms with Crippen LogP contribution in [0.2, 0.25) is 0 Å². The molecule has 3 N–H and O–H groups in total. The number of nitrogens with two attached hydrogens (primary N) is 1. The second kappa shape index (κ2) is 4.89. The molecule has 0 unspecified atom stereocenters. The SMILES string of the molecule is CC(C)(C(=O)NCCC(N)=S)S(C)(=O)=O. The van der Waals surface area contributed by atoms with E-state index in [2.05, 4.69) is 17.5 Å². The summed E-state index contributed by atoms with van der Waals surface area (Å²) in [7, 11) is -3.43. The molecule has 0 bridgehead atoms. The van der Waals surface area contributed by atoms with Gasteiger partial charge in [-0.05, 0) is 13.8 Å². The van der Waals surface area contributed by atoms with Crippen molar-refractivity contribution >= 4 is 33.0 Å². The van der Waals surface area contributed by atoms with E-state index in [0.29, 0.717) is 6.42 Å². The van der Waals surface area contributed by atoms with Gasteiger partial charge >= 0.3 is 0 Å². The van der Waals surface area contributed by atoms with E-state index in [9.17, 15) is 13.2 Å². The lowest BCUT2D eigenvalue weighted by atomic mass is 10.2. The summed E-state index contributed by atoms with van der Waals surface area (Å²) in [5, 5.41) is 2.48. The van der Waals surface area contributed by atoms with Crippen LogP contribution >= 0.6 is 12.2 Å². The van der Waals surface area contributed by atoms with Crippen molar-refractivity contribution in [3.8, 4) is 0 Å². The number of rotatable bonds is 5. The molecule has 0 aromatic rings. The normalized spacial score (nSPS) is 12.2. The van der Waals surface area contributed by atoms with Crippen LogP contribution in [0, 0.1) is 0 Å². The number of carbonyl (C=O) groups is 1. The number of amides is 1. The van der Waals surface area contributed by atoms with Crippen molar-refractivity contribution in [2.24, 2.45) is 5.73 Å².